The zero-order valence-corrected chi connectivity index (χ0v) is 38.0. The van der Waals surface area contributed by atoms with Gasteiger partial charge in [-0.3, -0.25) is 4.98 Å². The molecule has 3 aromatic heterocycles. The second kappa shape index (κ2) is 15.4. The van der Waals surface area contributed by atoms with Crippen molar-refractivity contribution in [3.63, 3.8) is 0 Å². The third kappa shape index (κ3) is 7.63. The Labute approximate surface area is 369 Å². The Balaban J connectivity index is 0.00000499. The van der Waals surface area contributed by atoms with Crippen molar-refractivity contribution in [3.8, 4) is 28.6 Å². The van der Waals surface area contributed by atoms with Crippen LogP contribution in [0.5, 0.6) is 11.5 Å². The van der Waals surface area contributed by atoms with Crippen molar-refractivity contribution in [2.24, 2.45) is 0 Å². The standard InChI is InChI=1S/C53H50N5O.Pt/c1-51(2,3)35-25-27-55-49(31-35)58-46-21-11-10-18-42(46)43-24-23-41(33-48(43)58)59-40-17-14-16-38(32-40)56-34-57(39-29-36(52(4,5)6)28-37(30-39)53(7,8)9)50-44(19-15-22-47(50)56)45-20-12-13-26-54-45;/h10-31,34H,1-9H3;/q-3;. The Morgan fingerprint density at radius 1 is 0.567 bits per heavy atom. The number of benzene rings is 5. The van der Waals surface area contributed by atoms with Crippen molar-refractivity contribution in [1.29, 1.82) is 0 Å². The van der Waals surface area contributed by atoms with Crippen LogP contribution in [0.4, 0.5) is 22.7 Å². The normalized spacial score (nSPS) is 13.2. The second-order valence-electron chi connectivity index (χ2n) is 18.6. The molecule has 0 atom stereocenters. The van der Waals surface area contributed by atoms with Crippen LogP contribution < -0.4 is 14.5 Å². The summed E-state index contributed by atoms with van der Waals surface area (Å²) in [4.78, 5) is 14.2. The van der Waals surface area contributed by atoms with Crippen LogP contribution in [0.1, 0.15) is 79.0 Å². The maximum absolute atomic E-state index is 6.64. The van der Waals surface area contributed by atoms with E-state index in [-0.39, 0.29) is 37.3 Å². The molecule has 60 heavy (non-hydrogen) atoms. The number of aromatic nitrogens is 3. The van der Waals surface area contributed by atoms with Crippen LogP contribution in [-0.2, 0) is 37.3 Å². The summed E-state index contributed by atoms with van der Waals surface area (Å²) in [5, 5.41) is 2.23. The molecule has 0 unspecified atom stereocenters. The number of pyridine rings is 2. The van der Waals surface area contributed by atoms with Crippen LogP contribution in [0.2, 0.25) is 0 Å². The summed E-state index contributed by atoms with van der Waals surface area (Å²) in [7, 11) is 0. The van der Waals surface area contributed by atoms with Crippen molar-refractivity contribution < 1.29 is 25.8 Å². The van der Waals surface area contributed by atoms with Gasteiger partial charge < -0.3 is 19.1 Å². The average Bonchev–Trinajstić information content (AvgIpc) is 3.77. The van der Waals surface area contributed by atoms with E-state index in [2.05, 4.69) is 186 Å². The van der Waals surface area contributed by atoms with Gasteiger partial charge >= 0.3 is 0 Å². The molecule has 0 fully saturated rings. The molecule has 8 aromatic rings. The van der Waals surface area contributed by atoms with Crippen LogP contribution in [0.15, 0.2) is 134 Å². The van der Waals surface area contributed by atoms with Gasteiger partial charge in [-0.25, -0.2) is 4.98 Å². The van der Waals surface area contributed by atoms with E-state index in [9.17, 15) is 0 Å². The van der Waals surface area contributed by atoms with Gasteiger partial charge in [-0.2, -0.15) is 12.1 Å². The van der Waals surface area contributed by atoms with E-state index in [1.165, 1.54) is 16.7 Å². The number of hydrogen-bond donors (Lipinski definition) is 0. The Morgan fingerprint density at radius 2 is 1.27 bits per heavy atom. The third-order valence-corrected chi connectivity index (χ3v) is 11.2. The Morgan fingerprint density at radius 3 is 1.98 bits per heavy atom. The van der Waals surface area contributed by atoms with Gasteiger partial charge in [-0.15, -0.1) is 48.1 Å². The van der Waals surface area contributed by atoms with Gasteiger partial charge in [0.2, 0.25) is 0 Å². The largest absolute Gasteiger partial charge is 0.509 e. The van der Waals surface area contributed by atoms with Crippen molar-refractivity contribution >= 4 is 44.6 Å². The van der Waals surface area contributed by atoms with Gasteiger partial charge in [0.05, 0.1) is 5.69 Å². The summed E-state index contributed by atoms with van der Waals surface area (Å²) in [6.07, 6.45) is 3.76. The monoisotopic (exact) mass is 967 g/mol. The van der Waals surface area contributed by atoms with Crippen molar-refractivity contribution in [2.75, 3.05) is 9.80 Å². The number of rotatable bonds is 6. The first-order valence-corrected chi connectivity index (χ1v) is 20.4. The van der Waals surface area contributed by atoms with Crippen LogP contribution in [-0.4, -0.2) is 14.5 Å². The molecule has 6 nitrogen and oxygen atoms in total. The fourth-order valence-corrected chi connectivity index (χ4v) is 7.88. The van der Waals surface area contributed by atoms with E-state index in [0.717, 1.165) is 61.6 Å². The van der Waals surface area contributed by atoms with E-state index in [1.807, 2.05) is 42.7 Å². The summed E-state index contributed by atoms with van der Waals surface area (Å²) in [5.74, 6) is 2.04. The van der Waals surface area contributed by atoms with Crippen LogP contribution in [0, 0.1) is 18.8 Å². The van der Waals surface area contributed by atoms with Gasteiger partial charge in [0.25, 0.3) is 0 Å². The molecule has 4 heterocycles. The molecule has 1 aliphatic rings. The quantitative estimate of drug-likeness (QED) is 0.155. The average molecular weight is 968 g/mol. The van der Waals surface area contributed by atoms with E-state index in [1.54, 1.807) is 0 Å². The SMILES string of the molecule is CC(C)(C)c1cc(N2[CH-]N(c3[c-]c(Oc4[c-]c5c(cc4)c4ccccc4n5-c4cc(C(C)(C)C)ccn4)ccc3)c3cccc(-c4ccccn4)c32)cc(C(C)(C)C)c1.[Pt]. The third-order valence-electron chi connectivity index (χ3n) is 11.2. The van der Waals surface area contributed by atoms with Crippen LogP contribution in [0.25, 0.3) is 38.9 Å². The van der Waals surface area contributed by atoms with Gasteiger partial charge in [-0.1, -0.05) is 110 Å². The molecule has 7 heteroatoms. The molecule has 0 N–H and O–H groups in total. The maximum atomic E-state index is 6.64. The smallest absolute Gasteiger partial charge is 0.135 e. The molecule has 0 bridgehead atoms. The minimum atomic E-state index is -0.0421. The second-order valence-corrected chi connectivity index (χ2v) is 18.6. The summed E-state index contributed by atoms with van der Waals surface area (Å²) in [5.41, 5.74) is 11.7. The van der Waals surface area contributed by atoms with Crippen molar-refractivity contribution in [3.05, 3.63) is 169 Å². The first-order chi connectivity index (χ1) is 28.1. The topological polar surface area (TPSA) is 46.4 Å². The summed E-state index contributed by atoms with van der Waals surface area (Å²) in [6, 6.07) is 49.7. The number of fused-ring (bicyclic) bond motifs is 4. The number of ether oxygens (including phenoxy) is 1. The van der Waals surface area contributed by atoms with Gasteiger partial charge in [0.1, 0.15) is 5.82 Å². The molecular weight excluding hydrogens is 918 g/mol. The van der Waals surface area contributed by atoms with E-state index >= 15 is 0 Å². The first-order valence-electron chi connectivity index (χ1n) is 20.4. The number of hydrogen-bond acceptors (Lipinski definition) is 5. The number of anilines is 4. The number of nitrogens with zero attached hydrogens (tertiary/aromatic N) is 5. The molecule has 0 saturated heterocycles. The Bertz CT molecular complexity index is 2830. The molecule has 1 aliphatic heterocycles. The molecule has 9 rings (SSSR count). The first kappa shape index (κ1) is 41.0. The molecule has 0 radical (unpaired) electrons. The van der Waals surface area contributed by atoms with Crippen molar-refractivity contribution in [2.45, 2.75) is 78.6 Å². The summed E-state index contributed by atoms with van der Waals surface area (Å²) >= 11 is 0. The van der Waals surface area contributed by atoms with Crippen LogP contribution in [0.3, 0.4) is 0 Å². The van der Waals surface area contributed by atoms with E-state index in [4.69, 9.17) is 14.7 Å². The fourth-order valence-electron chi connectivity index (χ4n) is 7.88. The summed E-state index contributed by atoms with van der Waals surface area (Å²) in [6.45, 7) is 22.5. The minimum absolute atomic E-state index is 0. The predicted octanol–water partition coefficient (Wildman–Crippen LogP) is 13.9. The maximum Gasteiger partial charge on any atom is 0.135 e. The van der Waals surface area contributed by atoms with Crippen molar-refractivity contribution in [1.82, 2.24) is 14.5 Å². The zero-order valence-electron chi connectivity index (χ0n) is 35.7. The van der Waals surface area contributed by atoms with Gasteiger partial charge in [0, 0.05) is 73.1 Å². The van der Waals surface area contributed by atoms with E-state index < -0.39 is 0 Å². The predicted molar refractivity (Wildman–Crippen MR) is 244 cm³/mol. The molecule has 0 aliphatic carbocycles. The zero-order chi connectivity index (χ0) is 41.3. The number of para-hydroxylation sites is 2. The van der Waals surface area contributed by atoms with Crippen LogP contribution >= 0.6 is 0 Å². The van der Waals surface area contributed by atoms with Gasteiger partial charge in [0.15, 0.2) is 0 Å². The fraction of sp³-hybridized carbons (Fsp3) is 0.226. The molecule has 306 valence electrons. The summed E-state index contributed by atoms with van der Waals surface area (Å²) < 4.78 is 8.83. The molecule has 0 saturated carbocycles. The minimum Gasteiger partial charge on any atom is -0.509 e. The molecular formula is C53H50N5OPt-3. The van der Waals surface area contributed by atoms with Gasteiger partial charge in [-0.05, 0) is 86.9 Å². The molecule has 0 spiro atoms. The molecule has 5 aromatic carbocycles. The Hall–Kier alpha value is -5.71. The Kier molecular flexibility index (Phi) is 10.5. The molecule has 0 amide bonds. The van der Waals surface area contributed by atoms with E-state index in [0.29, 0.717) is 11.5 Å².